The van der Waals surface area contributed by atoms with E-state index in [4.69, 9.17) is 4.52 Å². The summed E-state index contributed by atoms with van der Waals surface area (Å²) in [4.78, 5) is 6.36. The molecule has 0 saturated heterocycles. The van der Waals surface area contributed by atoms with Gasteiger partial charge in [0.2, 0.25) is 5.89 Å². The first-order valence-corrected chi connectivity index (χ1v) is 6.35. The van der Waals surface area contributed by atoms with E-state index >= 15 is 0 Å². The minimum Gasteiger partial charge on any atom is -0.342 e. The number of hydrogen-bond donors (Lipinski definition) is 1. The van der Waals surface area contributed by atoms with E-state index < -0.39 is 0 Å². The van der Waals surface area contributed by atoms with Crippen LogP contribution in [0.15, 0.2) is 4.52 Å². The zero-order valence-corrected chi connectivity index (χ0v) is 11.5. The predicted octanol–water partition coefficient (Wildman–Crippen LogP) is 1.70. The van der Waals surface area contributed by atoms with Crippen molar-refractivity contribution in [2.24, 2.45) is 5.92 Å². The monoisotopic (exact) mass is 240 g/mol. The molecule has 0 saturated carbocycles. The highest BCUT2D eigenvalue weighted by Crippen LogP contribution is 2.12. The summed E-state index contributed by atoms with van der Waals surface area (Å²) < 4.78 is 5.27. The highest BCUT2D eigenvalue weighted by molar-refractivity contribution is 5.25. The Balaban J connectivity index is 2.63. The van der Waals surface area contributed by atoms with Gasteiger partial charge in [-0.1, -0.05) is 20.8 Å². The maximum atomic E-state index is 5.27. The molecule has 0 radical (unpaired) electrons. The number of hydrogen-bond acceptors (Lipinski definition) is 5. The topological polar surface area (TPSA) is 54.2 Å². The number of anilines is 1. The average Bonchev–Trinajstić information content (AvgIpc) is 2.76. The van der Waals surface area contributed by atoms with E-state index in [1.54, 1.807) is 0 Å². The van der Waals surface area contributed by atoms with Gasteiger partial charge in [-0.15, -0.1) is 0 Å². The van der Waals surface area contributed by atoms with Crippen LogP contribution in [-0.2, 0) is 6.42 Å². The first-order valence-electron chi connectivity index (χ1n) is 6.35. The Morgan fingerprint density at radius 2 is 2.06 bits per heavy atom. The lowest BCUT2D eigenvalue weighted by Crippen LogP contribution is -2.35. The number of likely N-dealkylation sites (N-methyl/N-ethyl adjacent to an activating group) is 1. The first-order chi connectivity index (χ1) is 8.08. The third-order valence-corrected chi connectivity index (χ3v) is 2.94. The molecule has 1 atom stereocenters. The molecule has 1 N–H and O–H groups in total. The molecule has 0 spiro atoms. The molecule has 0 amide bonds. The lowest BCUT2D eigenvalue weighted by atomic mass is 10.0. The summed E-state index contributed by atoms with van der Waals surface area (Å²) >= 11 is 0. The summed E-state index contributed by atoms with van der Waals surface area (Å²) in [6, 6.07) is 0.389. The molecule has 5 nitrogen and oxygen atoms in total. The summed E-state index contributed by atoms with van der Waals surface area (Å²) in [5.74, 6) is 1.93. The van der Waals surface area contributed by atoms with Crippen molar-refractivity contribution in [3.05, 3.63) is 5.89 Å². The zero-order valence-electron chi connectivity index (χ0n) is 11.5. The van der Waals surface area contributed by atoms with Gasteiger partial charge < -0.3 is 14.7 Å². The summed E-state index contributed by atoms with van der Waals surface area (Å²) in [6.45, 7) is 10.4. The van der Waals surface area contributed by atoms with Crippen molar-refractivity contribution in [2.75, 3.05) is 25.0 Å². The van der Waals surface area contributed by atoms with Crippen molar-refractivity contribution in [1.29, 1.82) is 0 Å². The fourth-order valence-corrected chi connectivity index (χ4v) is 1.62. The summed E-state index contributed by atoms with van der Waals surface area (Å²) in [5.41, 5.74) is 0. The fourth-order valence-electron chi connectivity index (χ4n) is 1.62. The molecule has 98 valence electrons. The third kappa shape index (κ3) is 4.00. The Morgan fingerprint density at radius 1 is 1.35 bits per heavy atom. The molecule has 1 unspecified atom stereocenters. The maximum Gasteiger partial charge on any atom is 0.265 e. The SMILES string of the molecule is CCNC(Cc1nc(N(C)CC)no1)C(C)C. The molecule has 1 heterocycles. The van der Waals surface area contributed by atoms with E-state index in [1.807, 2.05) is 11.9 Å². The van der Waals surface area contributed by atoms with E-state index in [2.05, 4.69) is 43.2 Å². The molecule has 5 heteroatoms. The highest BCUT2D eigenvalue weighted by atomic mass is 16.5. The molecule has 0 aliphatic heterocycles. The molecule has 1 rings (SSSR count). The van der Waals surface area contributed by atoms with Gasteiger partial charge in [0.1, 0.15) is 0 Å². The normalized spacial score (nSPS) is 13.1. The first kappa shape index (κ1) is 14.0. The van der Waals surface area contributed by atoms with Gasteiger partial charge in [-0.25, -0.2) is 0 Å². The molecule has 0 bridgehead atoms. The maximum absolute atomic E-state index is 5.27. The second-order valence-electron chi connectivity index (χ2n) is 4.61. The molecule has 1 aromatic rings. The Morgan fingerprint density at radius 3 is 2.59 bits per heavy atom. The van der Waals surface area contributed by atoms with Crippen LogP contribution in [0, 0.1) is 5.92 Å². The molecule has 0 aliphatic carbocycles. The van der Waals surface area contributed by atoms with Crippen molar-refractivity contribution in [3.63, 3.8) is 0 Å². The lowest BCUT2D eigenvalue weighted by Gasteiger charge is -2.19. The average molecular weight is 240 g/mol. The fraction of sp³-hybridized carbons (Fsp3) is 0.833. The van der Waals surface area contributed by atoms with E-state index in [1.165, 1.54) is 0 Å². The highest BCUT2D eigenvalue weighted by Gasteiger charge is 2.17. The van der Waals surface area contributed by atoms with Crippen LogP contribution >= 0.6 is 0 Å². The minimum atomic E-state index is 0.389. The number of nitrogens with zero attached hydrogens (tertiary/aromatic N) is 3. The van der Waals surface area contributed by atoms with Crippen LogP contribution in [-0.4, -0.2) is 36.3 Å². The molecule has 0 aromatic carbocycles. The molecule has 0 fully saturated rings. The van der Waals surface area contributed by atoms with Crippen molar-refractivity contribution < 1.29 is 4.52 Å². The second kappa shape index (κ2) is 6.59. The molecular weight excluding hydrogens is 216 g/mol. The van der Waals surface area contributed by atoms with Crippen LogP contribution in [0.2, 0.25) is 0 Å². The Labute approximate surface area is 104 Å². The zero-order chi connectivity index (χ0) is 12.8. The van der Waals surface area contributed by atoms with Crippen LogP contribution in [0.4, 0.5) is 5.95 Å². The number of nitrogens with one attached hydrogen (secondary N) is 1. The van der Waals surface area contributed by atoms with E-state index in [0.29, 0.717) is 23.8 Å². The van der Waals surface area contributed by atoms with Gasteiger partial charge >= 0.3 is 0 Å². The molecule has 1 aromatic heterocycles. The van der Waals surface area contributed by atoms with Gasteiger partial charge in [-0.2, -0.15) is 4.98 Å². The molecular formula is C12H24N4O. The summed E-state index contributed by atoms with van der Waals surface area (Å²) in [5, 5.41) is 7.41. The standard InChI is InChI=1S/C12H24N4O/c1-6-13-10(9(3)4)8-11-14-12(15-17-11)16(5)7-2/h9-10,13H,6-8H2,1-5H3. The van der Waals surface area contributed by atoms with Crippen LogP contribution in [0.25, 0.3) is 0 Å². The van der Waals surface area contributed by atoms with Crippen LogP contribution in [0.5, 0.6) is 0 Å². The van der Waals surface area contributed by atoms with Gasteiger partial charge in [0.25, 0.3) is 5.95 Å². The number of aromatic nitrogens is 2. The van der Waals surface area contributed by atoms with E-state index in [0.717, 1.165) is 19.5 Å². The van der Waals surface area contributed by atoms with Gasteiger partial charge in [0.05, 0.1) is 0 Å². The predicted molar refractivity (Wildman–Crippen MR) is 69.2 cm³/mol. The van der Waals surface area contributed by atoms with Crippen molar-refractivity contribution in [1.82, 2.24) is 15.5 Å². The minimum absolute atomic E-state index is 0.389. The van der Waals surface area contributed by atoms with Crippen LogP contribution in [0.1, 0.15) is 33.6 Å². The van der Waals surface area contributed by atoms with E-state index in [-0.39, 0.29) is 0 Å². The Bertz CT molecular complexity index is 324. The van der Waals surface area contributed by atoms with Crippen LogP contribution in [0.3, 0.4) is 0 Å². The third-order valence-electron chi connectivity index (χ3n) is 2.94. The Kier molecular flexibility index (Phi) is 5.41. The lowest BCUT2D eigenvalue weighted by molar-refractivity contribution is 0.329. The Hall–Kier alpha value is -1.10. The van der Waals surface area contributed by atoms with Gasteiger partial charge in [0.15, 0.2) is 0 Å². The summed E-state index contributed by atoms with van der Waals surface area (Å²) in [6.07, 6.45) is 0.788. The van der Waals surface area contributed by atoms with Crippen molar-refractivity contribution in [2.45, 2.75) is 40.2 Å². The summed E-state index contributed by atoms with van der Waals surface area (Å²) in [7, 11) is 1.96. The van der Waals surface area contributed by atoms with Gasteiger partial charge in [0, 0.05) is 26.1 Å². The molecule has 17 heavy (non-hydrogen) atoms. The van der Waals surface area contributed by atoms with E-state index in [9.17, 15) is 0 Å². The smallest absolute Gasteiger partial charge is 0.265 e. The van der Waals surface area contributed by atoms with Crippen molar-refractivity contribution in [3.8, 4) is 0 Å². The van der Waals surface area contributed by atoms with Crippen molar-refractivity contribution >= 4 is 5.95 Å². The number of rotatable bonds is 7. The van der Waals surface area contributed by atoms with Gasteiger partial charge in [-0.05, 0) is 24.5 Å². The van der Waals surface area contributed by atoms with Crippen LogP contribution < -0.4 is 10.2 Å². The molecule has 0 aliphatic rings. The quantitative estimate of drug-likeness (QED) is 0.786. The van der Waals surface area contributed by atoms with Gasteiger partial charge in [-0.3, -0.25) is 0 Å². The largest absolute Gasteiger partial charge is 0.342 e. The second-order valence-corrected chi connectivity index (χ2v) is 4.61.